The highest BCUT2D eigenvalue weighted by atomic mass is 32.1. The summed E-state index contributed by atoms with van der Waals surface area (Å²) in [4.78, 5) is 11.8. The highest BCUT2D eigenvalue weighted by molar-refractivity contribution is 7.09. The lowest BCUT2D eigenvalue weighted by Crippen LogP contribution is -2.03. The fraction of sp³-hybridized carbons (Fsp3) is 0.231. The largest absolute Gasteiger partial charge is 0.493 e. The van der Waals surface area contributed by atoms with Gasteiger partial charge in [0.15, 0.2) is 11.5 Å². The number of ether oxygens (including phenoxy) is 2. The maximum Gasteiger partial charge on any atom is 0.296 e. The van der Waals surface area contributed by atoms with Crippen LogP contribution in [-0.2, 0) is 6.54 Å². The van der Waals surface area contributed by atoms with Crippen molar-refractivity contribution in [2.24, 2.45) is 0 Å². The maximum atomic E-state index is 11.1. The molecule has 1 aromatic heterocycles. The van der Waals surface area contributed by atoms with E-state index in [9.17, 15) is 10.1 Å². The summed E-state index contributed by atoms with van der Waals surface area (Å²) < 4.78 is 10.2. The molecule has 1 N–H and O–H groups in total. The lowest BCUT2D eigenvalue weighted by molar-refractivity contribution is -0.384. The van der Waals surface area contributed by atoms with Crippen LogP contribution in [0.4, 0.5) is 11.4 Å². The molecule has 0 amide bonds. The molecule has 0 aliphatic carbocycles. The molecule has 0 saturated carbocycles. The molecule has 0 saturated heterocycles. The van der Waals surface area contributed by atoms with Crippen LogP contribution in [-0.4, -0.2) is 19.1 Å². The van der Waals surface area contributed by atoms with Gasteiger partial charge in [-0.2, -0.15) is 0 Å². The number of anilines is 1. The first-order valence-electron chi connectivity index (χ1n) is 5.82. The van der Waals surface area contributed by atoms with Crippen LogP contribution >= 0.6 is 11.3 Å². The topological polar surface area (TPSA) is 73.6 Å². The molecule has 106 valence electrons. The van der Waals surface area contributed by atoms with Crippen LogP contribution in [0.15, 0.2) is 29.6 Å². The third-order valence-corrected chi connectivity index (χ3v) is 3.61. The maximum absolute atomic E-state index is 11.1. The molecule has 0 unspecified atom stereocenters. The van der Waals surface area contributed by atoms with Crippen LogP contribution in [0.5, 0.6) is 11.5 Å². The first-order chi connectivity index (χ1) is 9.65. The highest BCUT2D eigenvalue weighted by Gasteiger charge is 2.19. The van der Waals surface area contributed by atoms with E-state index in [1.165, 1.54) is 20.3 Å². The van der Waals surface area contributed by atoms with E-state index in [-0.39, 0.29) is 5.69 Å². The summed E-state index contributed by atoms with van der Waals surface area (Å²) in [7, 11) is 2.94. The van der Waals surface area contributed by atoms with Gasteiger partial charge in [-0.05, 0) is 11.4 Å². The third kappa shape index (κ3) is 3.00. The normalized spacial score (nSPS) is 10.1. The van der Waals surface area contributed by atoms with Gasteiger partial charge >= 0.3 is 0 Å². The van der Waals surface area contributed by atoms with Crippen LogP contribution in [0.25, 0.3) is 0 Å². The van der Waals surface area contributed by atoms with Crippen LogP contribution in [0.3, 0.4) is 0 Å². The SMILES string of the molecule is COc1cc(NCc2cccs2)c([N+](=O)[O-])cc1OC. The molecule has 0 bridgehead atoms. The molecule has 2 rings (SSSR count). The first kappa shape index (κ1) is 14.1. The summed E-state index contributed by atoms with van der Waals surface area (Å²) in [5, 5.41) is 16.1. The van der Waals surface area contributed by atoms with Crippen molar-refractivity contribution in [2.75, 3.05) is 19.5 Å². The molecular formula is C13H14N2O4S. The van der Waals surface area contributed by atoms with Gasteiger partial charge in [0.2, 0.25) is 0 Å². The Morgan fingerprint density at radius 1 is 1.30 bits per heavy atom. The van der Waals surface area contributed by atoms with Gasteiger partial charge < -0.3 is 14.8 Å². The summed E-state index contributed by atoms with van der Waals surface area (Å²) in [6.45, 7) is 0.522. The van der Waals surface area contributed by atoms with Crippen molar-refractivity contribution in [3.8, 4) is 11.5 Å². The minimum absolute atomic E-state index is 0.0424. The molecule has 0 fully saturated rings. The smallest absolute Gasteiger partial charge is 0.296 e. The van der Waals surface area contributed by atoms with Gasteiger partial charge in [0.05, 0.1) is 25.2 Å². The zero-order valence-corrected chi connectivity index (χ0v) is 11.9. The van der Waals surface area contributed by atoms with Crippen molar-refractivity contribution >= 4 is 22.7 Å². The summed E-state index contributed by atoms with van der Waals surface area (Å²) in [6.07, 6.45) is 0. The Balaban J connectivity index is 2.31. The minimum Gasteiger partial charge on any atom is -0.493 e. The molecule has 2 aromatic rings. The molecule has 7 heteroatoms. The lowest BCUT2D eigenvalue weighted by Gasteiger charge is -2.11. The van der Waals surface area contributed by atoms with Gasteiger partial charge in [0.25, 0.3) is 5.69 Å². The van der Waals surface area contributed by atoms with E-state index >= 15 is 0 Å². The highest BCUT2D eigenvalue weighted by Crippen LogP contribution is 2.37. The Labute approximate surface area is 120 Å². The predicted molar refractivity (Wildman–Crippen MR) is 77.8 cm³/mol. The first-order valence-corrected chi connectivity index (χ1v) is 6.70. The second-order valence-corrected chi connectivity index (χ2v) is 4.95. The second kappa shape index (κ2) is 6.25. The van der Waals surface area contributed by atoms with E-state index in [0.717, 1.165) is 4.88 Å². The molecule has 20 heavy (non-hydrogen) atoms. The zero-order valence-electron chi connectivity index (χ0n) is 11.1. The number of methoxy groups -OCH3 is 2. The van der Waals surface area contributed by atoms with Crippen molar-refractivity contribution in [3.05, 3.63) is 44.6 Å². The number of hydrogen-bond donors (Lipinski definition) is 1. The van der Waals surface area contributed by atoms with E-state index in [1.54, 1.807) is 17.4 Å². The lowest BCUT2D eigenvalue weighted by atomic mass is 10.2. The predicted octanol–water partition coefficient (Wildman–Crippen LogP) is 3.29. The van der Waals surface area contributed by atoms with Crippen molar-refractivity contribution < 1.29 is 14.4 Å². The van der Waals surface area contributed by atoms with E-state index < -0.39 is 4.92 Å². The number of nitrogens with zero attached hydrogens (tertiary/aromatic N) is 1. The number of nitrogens with one attached hydrogen (secondary N) is 1. The molecule has 0 radical (unpaired) electrons. The Morgan fingerprint density at radius 2 is 2.00 bits per heavy atom. The van der Waals surface area contributed by atoms with Crippen molar-refractivity contribution in [3.63, 3.8) is 0 Å². The van der Waals surface area contributed by atoms with Crippen molar-refractivity contribution in [1.29, 1.82) is 0 Å². The van der Waals surface area contributed by atoms with Crippen LogP contribution < -0.4 is 14.8 Å². The van der Waals surface area contributed by atoms with Gasteiger partial charge in [-0.15, -0.1) is 11.3 Å². The van der Waals surface area contributed by atoms with Crippen LogP contribution in [0, 0.1) is 10.1 Å². The third-order valence-electron chi connectivity index (χ3n) is 2.73. The van der Waals surface area contributed by atoms with E-state index in [0.29, 0.717) is 23.7 Å². The standard InChI is InChI=1S/C13H14N2O4S/c1-18-12-6-10(14-8-9-4-3-5-20-9)11(15(16)17)7-13(12)19-2/h3-7,14H,8H2,1-2H3. The van der Waals surface area contributed by atoms with Gasteiger partial charge in [0, 0.05) is 17.5 Å². The number of nitro groups is 1. The van der Waals surface area contributed by atoms with Crippen LogP contribution in [0.1, 0.15) is 4.88 Å². The second-order valence-electron chi connectivity index (χ2n) is 3.91. The Hall–Kier alpha value is -2.28. The molecule has 0 spiro atoms. The fourth-order valence-electron chi connectivity index (χ4n) is 1.76. The summed E-state index contributed by atoms with van der Waals surface area (Å²) >= 11 is 1.59. The number of hydrogen-bond acceptors (Lipinski definition) is 6. The van der Waals surface area contributed by atoms with Gasteiger partial charge in [0.1, 0.15) is 5.69 Å². The average Bonchev–Trinajstić information content (AvgIpc) is 2.97. The monoisotopic (exact) mass is 294 g/mol. The summed E-state index contributed by atoms with van der Waals surface area (Å²) in [6, 6.07) is 6.83. The van der Waals surface area contributed by atoms with E-state index in [1.807, 2.05) is 17.5 Å². The molecule has 0 aliphatic rings. The fourth-order valence-corrected chi connectivity index (χ4v) is 2.40. The minimum atomic E-state index is -0.446. The molecule has 1 heterocycles. The molecular weight excluding hydrogens is 280 g/mol. The average molecular weight is 294 g/mol. The quantitative estimate of drug-likeness (QED) is 0.653. The van der Waals surface area contributed by atoms with Gasteiger partial charge in [-0.25, -0.2) is 0 Å². The number of thiophene rings is 1. The van der Waals surface area contributed by atoms with E-state index in [2.05, 4.69) is 5.32 Å². The Morgan fingerprint density at radius 3 is 2.55 bits per heavy atom. The van der Waals surface area contributed by atoms with Gasteiger partial charge in [-0.3, -0.25) is 10.1 Å². The Bertz CT molecular complexity index is 599. The summed E-state index contributed by atoms with van der Waals surface area (Å²) in [5.41, 5.74) is 0.361. The number of nitro benzene ring substituents is 1. The molecule has 6 nitrogen and oxygen atoms in total. The van der Waals surface area contributed by atoms with E-state index in [4.69, 9.17) is 9.47 Å². The molecule has 1 aromatic carbocycles. The Kier molecular flexibility index (Phi) is 4.41. The number of rotatable bonds is 6. The van der Waals surface area contributed by atoms with Crippen molar-refractivity contribution in [2.45, 2.75) is 6.54 Å². The molecule has 0 atom stereocenters. The molecule has 0 aliphatic heterocycles. The number of benzene rings is 1. The van der Waals surface area contributed by atoms with Crippen molar-refractivity contribution in [1.82, 2.24) is 0 Å². The summed E-state index contributed by atoms with van der Waals surface area (Å²) in [5.74, 6) is 0.785. The van der Waals surface area contributed by atoms with Crippen LogP contribution in [0.2, 0.25) is 0 Å². The zero-order chi connectivity index (χ0) is 14.5. The van der Waals surface area contributed by atoms with Gasteiger partial charge in [-0.1, -0.05) is 6.07 Å².